The van der Waals surface area contributed by atoms with Crippen molar-refractivity contribution in [2.24, 2.45) is 0 Å². The molecule has 0 aromatic heterocycles. The number of methoxy groups -OCH3 is 1. The minimum atomic E-state index is -0.113. The first kappa shape index (κ1) is 14.7. The summed E-state index contributed by atoms with van der Waals surface area (Å²) < 4.78 is 6.08. The Hall–Kier alpha value is -0.700. The fourth-order valence-corrected chi connectivity index (χ4v) is 2.58. The van der Waals surface area contributed by atoms with Crippen LogP contribution in [0.1, 0.15) is 16.5 Å². The minimum absolute atomic E-state index is 0.113. The van der Waals surface area contributed by atoms with Gasteiger partial charge in [-0.2, -0.15) is 0 Å². The Morgan fingerprint density at radius 2 is 2.00 bits per heavy atom. The van der Waals surface area contributed by atoms with Gasteiger partial charge in [-0.3, -0.25) is 0 Å². The summed E-state index contributed by atoms with van der Waals surface area (Å²) in [5.41, 5.74) is 2.15. The number of ether oxygens (including phenoxy) is 1. The third-order valence-electron chi connectivity index (χ3n) is 2.85. The molecule has 0 saturated carbocycles. The summed E-state index contributed by atoms with van der Waals surface area (Å²) >= 11 is 15.9. The van der Waals surface area contributed by atoms with E-state index < -0.39 is 0 Å². The van der Waals surface area contributed by atoms with Crippen LogP contribution in [-0.4, -0.2) is 7.11 Å². The first-order valence-electron chi connectivity index (χ1n) is 5.82. The molecule has 19 heavy (non-hydrogen) atoms. The average molecular weight is 360 g/mol. The predicted octanol–water partition coefficient (Wildman–Crippen LogP) is 5.63. The minimum Gasteiger partial charge on any atom is -0.497 e. The second-order valence-electron chi connectivity index (χ2n) is 4.20. The van der Waals surface area contributed by atoms with E-state index >= 15 is 0 Å². The van der Waals surface area contributed by atoms with Crippen molar-refractivity contribution in [3.05, 3.63) is 63.1 Å². The first-order valence-corrected chi connectivity index (χ1v) is 7.43. The Morgan fingerprint density at radius 1 is 1.21 bits per heavy atom. The summed E-state index contributed by atoms with van der Waals surface area (Å²) in [6.45, 7) is 0. The van der Waals surface area contributed by atoms with Gasteiger partial charge < -0.3 is 4.74 Å². The van der Waals surface area contributed by atoms with Crippen molar-refractivity contribution in [1.82, 2.24) is 0 Å². The molecule has 0 saturated heterocycles. The monoisotopic (exact) mass is 358 g/mol. The quantitative estimate of drug-likeness (QED) is 0.642. The van der Waals surface area contributed by atoms with Crippen LogP contribution in [0.2, 0.25) is 5.02 Å². The number of alkyl halides is 1. The maximum Gasteiger partial charge on any atom is 0.119 e. The van der Waals surface area contributed by atoms with Crippen molar-refractivity contribution in [1.29, 1.82) is 0 Å². The van der Waals surface area contributed by atoms with Crippen LogP contribution in [0.3, 0.4) is 0 Å². The largest absolute Gasteiger partial charge is 0.497 e. The fraction of sp³-hybridized carbons (Fsp3) is 0.200. The maximum absolute atomic E-state index is 6.45. The second kappa shape index (κ2) is 6.65. The molecule has 100 valence electrons. The molecular weight excluding hydrogens is 347 g/mol. The van der Waals surface area contributed by atoms with E-state index in [1.807, 2.05) is 42.5 Å². The zero-order chi connectivity index (χ0) is 13.8. The Labute approximate surface area is 131 Å². The van der Waals surface area contributed by atoms with Gasteiger partial charge in [-0.05, 0) is 57.7 Å². The highest BCUT2D eigenvalue weighted by Crippen LogP contribution is 2.31. The first-order chi connectivity index (χ1) is 9.10. The lowest BCUT2D eigenvalue weighted by atomic mass is 10.0. The van der Waals surface area contributed by atoms with Gasteiger partial charge in [0.25, 0.3) is 0 Å². The average Bonchev–Trinajstić information content (AvgIpc) is 2.42. The molecule has 0 N–H and O–H groups in total. The SMILES string of the molecule is COc1cccc(CC(Cl)c2ccc(Br)c(Cl)c2)c1. The highest BCUT2D eigenvalue weighted by atomic mass is 79.9. The standard InChI is InChI=1S/C15H13BrCl2O/c1-19-12-4-2-3-10(7-12)8-14(17)11-5-6-13(16)15(18)9-11/h2-7,9,14H,8H2,1H3. The maximum atomic E-state index is 6.45. The fourth-order valence-electron chi connectivity index (χ4n) is 1.83. The summed E-state index contributed by atoms with van der Waals surface area (Å²) in [5.74, 6) is 0.843. The smallest absolute Gasteiger partial charge is 0.119 e. The molecular formula is C15H13BrCl2O. The van der Waals surface area contributed by atoms with Crippen molar-refractivity contribution < 1.29 is 4.74 Å². The van der Waals surface area contributed by atoms with Crippen LogP contribution in [0.4, 0.5) is 0 Å². The van der Waals surface area contributed by atoms with Gasteiger partial charge in [0.15, 0.2) is 0 Å². The number of halogens is 3. The molecule has 2 aromatic rings. The summed E-state index contributed by atoms with van der Waals surface area (Å²) in [4.78, 5) is 0. The molecule has 0 aliphatic carbocycles. The molecule has 0 aliphatic rings. The summed E-state index contributed by atoms with van der Waals surface area (Å²) in [7, 11) is 1.66. The van der Waals surface area contributed by atoms with Crippen LogP contribution in [-0.2, 0) is 6.42 Å². The molecule has 1 atom stereocenters. The molecule has 1 unspecified atom stereocenters. The Kier molecular flexibility index (Phi) is 5.14. The number of benzene rings is 2. The van der Waals surface area contributed by atoms with E-state index in [-0.39, 0.29) is 5.38 Å². The third kappa shape index (κ3) is 3.88. The van der Waals surface area contributed by atoms with E-state index in [1.54, 1.807) is 7.11 Å². The highest BCUT2D eigenvalue weighted by molar-refractivity contribution is 9.10. The van der Waals surface area contributed by atoms with Crippen LogP contribution in [0.25, 0.3) is 0 Å². The zero-order valence-corrected chi connectivity index (χ0v) is 13.5. The van der Waals surface area contributed by atoms with Gasteiger partial charge in [-0.1, -0.05) is 29.8 Å². The van der Waals surface area contributed by atoms with Crippen LogP contribution in [0.15, 0.2) is 46.9 Å². The van der Waals surface area contributed by atoms with Gasteiger partial charge in [-0.15, -0.1) is 11.6 Å². The third-order valence-corrected chi connectivity index (χ3v) is 4.49. The number of rotatable bonds is 4. The van der Waals surface area contributed by atoms with Crippen molar-refractivity contribution in [2.75, 3.05) is 7.11 Å². The van der Waals surface area contributed by atoms with E-state index in [9.17, 15) is 0 Å². The Morgan fingerprint density at radius 3 is 2.68 bits per heavy atom. The summed E-state index contributed by atoms with van der Waals surface area (Å²) in [6.07, 6.45) is 0.733. The van der Waals surface area contributed by atoms with Crippen LogP contribution in [0.5, 0.6) is 5.75 Å². The van der Waals surface area contributed by atoms with Gasteiger partial charge in [0.2, 0.25) is 0 Å². The Bertz CT molecular complexity index is 572. The van der Waals surface area contributed by atoms with Crippen molar-refractivity contribution >= 4 is 39.1 Å². The lowest BCUT2D eigenvalue weighted by Crippen LogP contribution is -1.96. The van der Waals surface area contributed by atoms with Crippen LogP contribution < -0.4 is 4.74 Å². The molecule has 0 fully saturated rings. The lowest BCUT2D eigenvalue weighted by Gasteiger charge is -2.12. The van der Waals surface area contributed by atoms with Crippen LogP contribution >= 0.6 is 39.1 Å². The van der Waals surface area contributed by atoms with E-state index in [2.05, 4.69) is 15.9 Å². The second-order valence-corrected chi connectivity index (χ2v) is 5.99. The Balaban J connectivity index is 2.15. The molecule has 0 bridgehead atoms. The molecule has 0 spiro atoms. The van der Waals surface area contributed by atoms with E-state index in [0.29, 0.717) is 5.02 Å². The lowest BCUT2D eigenvalue weighted by molar-refractivity contribution is 0.414. The normalized spacial score (nSPS) is 12.2. The van der Waals surface area contributed by atoms with E-state index in [4.69, 9.17) is 27.9 Å². The van der Waals surface area contributed by atoms with Gasteiger partial charge in [-0.25, -0.2) is 0 Å². The zero-order valence-electron chi connectivity index (χ0n) is 10.4. The number of hydrogen-bond donors (Lipinski definition) is 0. The molecule has 2 aromatic carbocycles. The predicted molar refractivity (Wildman–Crippen MR) is 84.4 cm³/mol. The molecule has 2 rings (SSSR count). The summed E-state index contributed by atoms with van der Waals surface area (Å²) in [5, 5.41) is 0.562. The molecule has 0 heterocycles. The van der Waals surface area contributed by atoms with Crippen molar-refractivity contribution in [3.8, 4) is 5.75 Å². The van der Waals surface area contributed by atoms with Crippen LogP contribution in [0, 0.1) is 0 Å². The van der Waals surface area contributed by atoms with Crippen molar-refractivity contribution in [3.63, 3.8) is 0 Å². The van der Waals surface area contributed by atoms with E-state index in [1.165, 1.54) is 0 Å². The van der Waals surface area contributed by atoms with Gasteiger partial charge in [0.05, 0.1) is 17.5 Å². The topological polar surface area (TPSA) is 9.23 Å². The highest BCUT2D eigenvalue weighted by Gasteiger charge is 2.11. The molecule has 0 radical (unpaired) electrons. The van der Waals surface area contributed by atoms with Crippen molar-refractivity contribution in [2.45, 2.75) is 11.8 Å². The molecule has 0 aliphatic heterocycles. The van der Waals surface area contributed by atoms with Gasteiger partial charge in [0.1, 0.15) is 5.75 Å². The van der Waals surface area contributed by atoms with E-state index in [0.717, 1.165) is 27.8 Å². The summed E-state index contributed by atoms with van der Waals surface area (Å²) in [6, 6.07) is 13.7. The molecule has 0 amide bonds. The molecule has 1 nitrogen and oxygen atoms in total. The number of hydrogen-bond acceptors (Lipinski definition) is 1. The van der Waals surface area contributed by atoms with Gasteiger partial charge >= 0.3 is 0 Å². The molecule has 4 heteroatoms. The van der Waals surface area contributed by atoms with Gasteiger partial charge in [0, 0.05) is 4.47 Å².